The predicted octanol–water partition coefficient (Wildman–Crippen LogP) is 5.59. The second kappa shape index (κ2) is 9.73. The summed E-state index contributed by atoms with van der Waals surface area (Å²) in [6.45, 7) is 7.31. The van der Waals surface area contributed by atoms with E-state index in [1.54, 1.807) is 0 Å². The summed E-state index contributed by atoms with van der Waals surface area (Å²) < 4.78 is 0. The van der Waals surface area contributed by atoms with Gasteiger partial charge >= 0.3 is 0 Å². The molecule has 2 heteroatoms. The summed E-state index contributed by atoms with van der Waals surface area (Å²) >= 11 is 0. The molecule has 148 valence electrons. The lowest BCUT2D eigenvalue weighted by Crippen LogP contribution is -2.33. The summed E-state index contributed by atoms with van der Waals surface area (Å²) in [7, 11) is 0. The molecule has 1 fully saturated rings. The Morgan fingerprint density at radius 3 is 2.32 bits per heavy atom. The molecule has 2 aromatic rings. The van der Waals surface area contributed by atoms with Gasteiger partial charge < -0.3 is 4.90 Å². The van der Waals surface area contributed by atoms with Crippen LogP contribution in [-0.4, -0.2) is 23.4 Å². The first-order valence-electron chi connectivity index (χ1n) is 10.7. The minimum absolute atomic E-state index is 0.265. The third kappa shape index (κ3) is 5.58. The fraction of sp³-hybridized carbons (Fsp3) is 0.423. The Labute approximate surface area is 170 Å². The van der Waals surface area contributed by atoms with E-state index >= 15 is 0 Å². The van der Waals surface area contributed by atoms with Crippen LogP contribution in [0.4, 0.5) is 0 Å². The Hall–Kier alpha value is -2.35. The van der Waals surface area contributed by atoms with Crippen molar-refractivity contribution in [3.63, 3.8) is 0 Å². The SMILES string of the molecule is CCc1ccc(CCN2C(=O)CCC2/C=C/CCc2cc(C)cc(C)c2)cc1. The molecule has 1 amide bonds. The van der Waals surface area contributed by atoms with E-state index in [1.165, 1.54) is 27.8 Å². The second-order valence-electron chi connectivity index (χ2n) is 8.08. The van der Waals surface area contributed by atoms with Gasteiger partial charge in [0.15, 0.2) is 0 Å². The van der Waals surface area contributed by atoms with E-state index in [-0.39, 0.29) is 6.04 Å². The Bertz CT molecular complexity index is 799. The number of benzene rings is 2. The van der Waals surface area contributed by atoms with Gasteiger partial charge in [-0.15, -0.1) is 0 Å². The van der Waals surface area contributed by atoms with Crippen LogP contribution < -0.4 is 0 Å². The van der Waals surface area contributed by atoms with Crippen LogP contribution in [-0.2, 0) is 24.1 Å². The van der Waals surface area contributed by atoms with Crippen molar-refractivity contribution in [2.24, 2.45) is 0 Å². The molecule has 0 N–H and O–H groups in total. The number of allylic oxidation sites excluding steroid dienone is 1. The molecule has 0 spiro atoms. The topological polar surface area (TPSA) is 20.3 Å². The minimum Gasteiger partial charge on any atom is -0.336 e. The Morgan fingerprint density at radius 1 is 0.964 bits per heavy atom. The number of amides is 1. The van der Waals surface area contributed by atoms with Gasteiger partial charge in [-0.05, 0) is 62.6 Å². The standard InChI is InChI=1S/C26H33NO/c1-4-22-9-11-23(12-10-22)15-16-27-25(13-14-26(27)28)8-6-5-7-24-18-20(2)17-21(3)19-24/h6,8-12,17-19,25H,4-5,7,13-16H2,1-3H3/b8-6+. The zero-order valence-corrected chi connectivity index (χ0v) is 17.6. The van der Waals surface area contributed by atoms with E-state index in [1.807, 2.05) is 0 Å². The monoisotopic (exact) mass is 375 g/mol. The number of aryl methyl sites for hydroxylation is 4. The largest absolute Gasteiger partial charge is 0.336 e. The maximum atomic E-state index is 12.3. The molecular weight excluding hydrogens is 342 g/mol. The molecule has 0 aliphatic carbocycles. The maximum Gasteiger partial charge on any atom is 0.223 e. The molecule has 28 heavy (non-hydrogen) atoms. The zero-order chi connectivity index (χ0) is 19.9. The molecule has 1 aliphatic rings. The molecule has 1 saturated heterocycles. The minimum atomic E-state index is 0.265. The van der Waals surface area contributed by atoms with Crippen LogP contribution in [0.3, 0.4) is 0 Å². The average molecular weight is 376 g/mol. The molecule has 2 aromatic carbocycles. The van der Waals surface area contributed by atoms with Gasteiger partial charge in [0.25, 0.3) is 0 Å². The summed E-state index contributed by atoms with van der Waals surface area (Å²) in [6, 6.07) is 15.8. The maximum absolute atomic E-state index is 12.3. The quantitative estimate of drug-likeness (QED) is 0.551. The van der Waals surface area contributed by atoms with E-state index in [2.05, 4.69) is 80.3 Å². The number of likely N-dealkylation sites (tertiary alicyclic amines) is 1. The van der Waals surface area contributed by atoms with Gasteiger partial charge in [0.2, 0.25) is 5.91 Å². The van der Waals surface area contributed by atoms with Crippen LogP contribution in [0, 0.1) is 13.8 Å². The highest BCUT2D eigenvalue weighted by atomic mass is 16.2. The van der Waals surface area contributed by atoms with Crippen molar-refractivity contribution in [3.8, 4) is 0 Å². The lowest BCUT2D eigenvalue weighted by atomic mass is 10.0. The van der Waals surface area contributed by atoms with Crippen molar-refractivity contribution in [3.05, 3.63) is 82.4 Å². The molecule has 1 aliphatic heterocycles. The molecular formula is C26H33NO. The van der Waals surface area contributed by atoms with Crippen LogP contribution in [0.1, 0.15) is 54.0 Å². The van der Waals surface area contributed by atoms with Crippen LogP contribution in [0.15, 0.2) is 54.6 Å². The fourth-order valence-electron chi connectivity index (χ4n) is 4.15. The van der Waals surface area contributed by atoms with Crippen molar-refractivity contribution in [2.45, 2.75) is 65.3 Å². The Morgan fingerprint density at radius 2 is 1.64 bits per heavy atom. The van der Waals surface area contributed by atoms with Crippen LogP contribution in [0.5, 0.6) is 0 Å². The lowest BCUT2D eigenvalue weighted by molar-refractivity contribution is -0.128. The number of hydrogen-bond acceptors (Lipinski definition) is 1. The van der Waals surface area contributed by atoms with Crippen molar-refractivity contribution in [2.75, 3.05) is 6.54 Å². The molecule has 3 rings (SSSR count). The molecule has 1 atom stereocenters. The highest BCUT2D eigenvalue weighted by Gasteiger charge is 2.28. The van der Waals surface area contributed by atoms with E-state index < -0.39 is 0 Å². The van der Waals surface area contributed by atoms with Gasteiger partial charge in [0, 0.05) is 13.0 Å². The smallest absolute Gasteiger partial charge is 0.223 e. The second-order valence-corrected chi connectivity index (χ2v) is 8.08. The molecule has 2 nitrogen and oxygen atoms in total. The Kier molecular flexibility index (Phi) is 7.08. The van der Waals surface area contributed by atoms with Crippen molar-refractivity contribution < 1.29 is 4.79 Å². The number of rotatable bonds is 8. The molecule has 1 unspecified atom stereocenters. The molecule has 0 bridgehead atoms. The highest BCUT2D eigenvalue weighted by Crippen LogP contribution is 2.21. The first-order valence-corrected chi connectivity index (χ1v) is 10.7. The lowest BCUT2D eigenvalue weighted by Gasteiger charge is -2.22. The van der Waals surface area contributed by atoms with E-state index in [4.69, 9.17) is 0 Å². The van der Waals surface area contributed by atoms with Crippen molar-refractivity contribution >= 4 is 5.91 Å². The summed E-state index contributed by atoms with van der Waals surface area (Å²) in [5, 5.41) is 0. The summed E-state index contributed by atoms with van der Waals surface area (Å²) in [6.07, 6.45) is 10.2. The Balaban J connectivity index is 1.51. The third-order valence-corrected chi connectivity index (χ3v) is 5.69. The number of carbonyl (C=O) groups is 1. The van der Waals surface area contributed by atoms with Gasteiger partial charge in [-0.3, -0.25) is 4.79 Å². The molecule has 0 saturated carbocycles. The first-order chi connectivity index (χ1) is 13.5. The van der Waals surface area contributed by atoms with E-state index in [0.717, 1.165) is 38.6 Å². The van der Waals surface area contributed by atoms with Gasteiger partial charge in [-0.25, -0.2) is 0 Å². The number of hydrogen-bond donors (Lipinski definition) is 0. The number of nitrogens with zero attached hydrogens (tertiary/aromatic N) is 1. The zero-order valence-electron chi connectivity index (χ0n) is 17.6. The third-order valence-electron chi connectivity index (χ3n) is 5.69. The van der Waals surface area contributed by atoms with Crippen LogP contribution in [0.2, 0.25) is 0 Å². The van der Waals surface area contributed by atoms with Crippen LogP contribution in [0.25, 0.3) is 0 Å². The van der Waals surface area contributed by atoms with E-state index in [0.29, 0.717) is 12.3 Å². The normalized spacial score (nSPS) is 17.0. The summed E-state index contributed by atoms with van der Waals surface area (Å²) in [5.41, 5.74) is 6.74. The van der Waals surface area contributed by atoms with Crippen molar-refractivity contribution in [1.82, 2.24) is 4.90 Å². The molecule has 0 radical (unpaired) electrons. The summed E-state index contributed by atoms with van der Waals surface area (Å²) in [4.78, 5) is 14.4. The van der Waals surface area contributed by atoms with Gasteiger partial charge in [0.1, 0.15) is 0 Å². The van der Waals surface area contributed by atoms with Gasteiger partial charge in [-0.1, -0.05) is 72.7 Å². The first kappa shape index (κ1) is 20.4. The average Bonchev–Trinajstić information content (AvgIpc) is 3.03. The fourth-order valence-corrected chi connectivity index (χ4v) is 4.15. The van der Waals surface area contributed by atoms with Gasteiger partial charge in [-0.2, -0.15) is 0 Å². The molecule has 0 aromatic heterocycles. The summed E-state index contributed by atoms with van der Waals surface area (Å²) in [5.74, 6) is 0.300. The van der Waals surface area contributed by atoms with Crippen molar-refractivity contribution in [1.29, 1.82) is 0 Å². The van der Waals surface area contributed by atoms with Gasteiger partial charge in [0.05, 0.1) is 6.04 Å². The predicted molar refractivity (Wildman–Crippen MR) is 118 cm³/mol. The highest BCUT2D eigenvalue weighted by molar-refractivity contribution is 5.79. The molecule has 1 heterocycles. The number of carbonyl (C=O) groups excluding carboxylic acids is 1. The van der Waals surface area contributed by atoms with E-state index in [9.17, 15) is 4.79 Å². The van der Waals surface area contributed by atoms with Crippen LogP contribution >= 0.6 is 0 Å².